The monoisotopic (exact) mass is 463 g/mol. The molecular formula is C26H29N3O3S. The van der Waals surface area contributed by atoms with E-state index < -0.39 is 5.72 Å². The highest BCUT2D eigenvalue weighted by molar-refractivity contribution is 7.17. The Hall–Kier alpha value is -2.77. The third-order valence-electron chi connectivity index (χ3n) is 7.53. The van der Waals surface area contributed by atoms with Crippen molar-refractivity contribution in [3.05, 3.63) is 58.5 Å². The summed E-state index contributed by atoms with van der Waals surface area (Å²) in [6.07, 6.45) is 2.28. The predicted molar refractivity (Wildman–Crippen MR) is 131 cm³/mol. The number of hydrogen-bond acceptors (Lipinski definition) is 7. The molecule has 0 amide bonds. The first-order valence-electron chi connectivity index (χ1n) is 11.6. The van der Waals surface area contributed by atoms with Crippen molar-refractivity contribution in [3.8, 4) is 11.5 Å². The first-order chi connectivity index (χ1) is 16.1. The molecule has 2 bridgehead atoms. The van der Waals surface area contributed by atoms with Gasteiger partial charge in [0.05, 0.1) is 27.3 Å². The Morgan fingerprint density at radius 3 is 2.70 bits per heavy atom. The Morgan fingerprint density at radius 1 is 1.12 bits per heavy atom. The summed E-state index contributed by atoms with van der Waals surface area (Å²) in [6, 6.07) is 12.7. The minimum absolute atomic E-state index is 0.433. The smallest absolute Gasteiger partial charge is 0.227 e. The van der Waals surface area contributed by atoms with Crippen LogP contribution in [-0.2, 0) is 11.4 Å². The van der Waals surface area contributed by atoms with Crippen molar-refractivity contribution < 1.29 is 14.3 Å². The summed E-state index contributed by atoms with van der Waals surface area (Å²) in [5, 5.41) is 8.27. The van der Waals surface area contributed by atoms with Gasteiger partial charge in [-0.15, -0.1) is 11.3 Å². The molecule has 3 aromatic rings. The Kier molecular flexibility index (Phi) is 4.99. The number of methoxy groups -OCH3 is 2. The number of ether oxygens (including phenoxy) is 2. The van der Waals surface area contributed by atoms with Gasteiger partial charge in [-0.3, -0.25) is 4.90 Å². The minimum Gasteiger partial charge on any atom is -0.497 e. The molecule has 0 saturated carbocycles. The van der Waals surface area contributed by atoms with Crippen molar-refractivity contribution in [2.24, 2.45) is 11.1 Å². The minimum atomic E-state index is -0.433. The number of oxime groups is 1. The molecule has 6 nitrogen and oxygen atoms in total. The fourth-order valence-electron chi connectivity index (χ4n) is 5.67. The summed E-state index contributed by atoms with van der Waals surface area (Å²) in [5.41, 5.74) is 3.09. The summed E-state index contributed by atoms with van der Waals surface area (Å²) >= 11 is 1.78. The second kappa shape index (κ2) is 7.92. The van der Waals surface area contributed by atoms with Crippen LogP contribution in [0, 0.1) is 12.8 Å². The first-order valence-corrected chi connectivity index (χ1v) is 12.4. The highest BCUT2D eigenvalue weighted by Gasteiger charge is 2.57. The molecule has 0 N–H and O–H groups in total. The SMILES string of the molecule is COc1ccc(CN2C(c3ccc4c(C)csc4c3)=NOC23CN2CCC3CC2)c(OC)c1. The van der Waals surface area contributed by atoms with Gasteiger partial charge < -0.3 is 19.2 Å². The standard InChI is InChI=1S/C26H29N3O3S/c1-17-15-33-24-12-18(5-7-22(17)24)25-27-32-26(16-28-10-8-20(26)9-11-28)29(25)14-19-4-6-21(30-2)13-23(19)31-3/h4-7,12-13,15,20H,8-11,14,16H2,1-3H3. The zero-order valence-electron chi connectivity index (χ0n) is 19.3. The van der Waals surface area contributed by atoms with E-state index in [4.69, 9.17) is 19.5 Å². The van der Waals surface area contributed by atoms with E-state index in [0.717, 1.165) is 60.9 Å². The molecule has 1 aromatic heterocycles. The number of thiophene rings is 1. The van der Waals surface area contributed by atoms with Crippen LogP contribution in [0.15, 0.2) is 46.9 Å². The van der Waals surface area contributed by atoms with Crippen molar-refractivity contribution in [2.75, 3.05) is 33.9 Å². The average molecular weight is 464 g/mol. The summed E-state index contributed by atoms with van der Waals surface area (Å²) in [6.45, 7) is 6.00. The van der Waals surface area contributed by atoms with E-state index in [0.29, 0.717) is 12.5 Å². The maximum atomic E-state index is 6.41. The van der Waals surface area contributed by atoms with Crippen LogP contribution in [0.2, 0.25) is 0 Å². The third kappa shape index (κ3) is 3.28. The highest BCUT2D eigenvalue weighted by atomic mass is 32.1. The lowest BCUT2D eigenvalue weighted by atomic mass is 9.79. The molecule has 0 radical (unpaired) electrons. The number of benzene rings is 2. The number of rotatable bonds is 5. The number of fused-ring (bicyclic) bond motifs is 3. The van der Waals surface area contributed by atoms with Crippen LogP contribution in [0.5, 0.6) is 11.5 Å². The summed E-state index contributed by atoms with van der Waals surface area (Å²) < 4.78 is 12.4. The fourth-order valence-corrected chi connectivity index (χ4v) is 6.65. The van der Waals surface area contributed by atoms with Gasteiger partial charge in [-0.05, 0) is 67.4 Å². The molecular weight excluding hydrogens is 434 g/mol. The maximum absolute atomic E-state index is 6.41. The predicted octanol–water partition coefficient (Wildman–Crippen LogP) is 4.84. The molecule has 33 heavy (non-hydrogen) atoms. The van der Waals surface area contributed by atoms with Gasteiger partial charge in [0.2, 0.25) is 5.72 Å². The summed E-state index contributed by atoms with van der Waals surface area (Å²) in [5.74, 6) is 2.98. The first kappa shape index (κ1) is 20.8. The molecule has 5 heterocycles. The molecule has 4 aliphatic heterocycles. The van der Waals surface area contributed by atoms with E-state index in [1.54, 1.807) is 25.6 Å². The zero-order valence-corrected chi connectivity index (χ0v) is 20.2. The summed E-state index contributed by atoms with van der Waals surface area (Å²) in [4.78, 5) is 11.3. The average Bonchev–Trinajstić information content (AvgIpc) is 3.40. The van der Waals surface area contributed by atoms with Crippen LogP contribution in [0.1, 0.15) is 29.5 Å². The van der Waals surface area contributed by atoms with E-state index >= 15 is 0 Å². The largest absolute Gasteiger partial charge is 0.497 e. The van der Waals surface area contributed by atoms with Gasteiger partial charge in [-0.2, -0.15) is 0 Å². The van der Waals surface area contributed by atoms with Crippen molar-refractivity contribution in [2.45, 2.75) is 32.0 Å². The molecule has 2 aromatic carbocycles. The van der Waals surface area contributed by atoms with Gasteiger partial charge in [0, 0.05) is 27.8 Å². The van der Waals surface area contributed by atoms with Crippen LogP contribution in [-0.4, -0.2) is 55.2 Å². The molecule has 1 spiro atoms. The second-order valence-electron chi connectivity index (χ2n) is 9.29. The maximum Gasteiger partial charge on any atom is 0.227 e. The number of nitrogens with zero attached hydrogens (tertiary/aromatic N) is 3. The van der Waals surface area contributed by atoms with E-state index in [-0.39, 0.29) is 0 Å². The van der Waals surface area contributed by atoms with E-state index in [1.807, 2.05) is 12.1 Å². The molecule has 7 rings (SSSR count). The lowest BCUT2D eigenvalue weighted by Gasteiger charge is -2.53. The molecule has 3 saturated heterocycles. The van der Waals surface area contributed by atoms with E-state index in [9.17, 15) is 0 Å². The van der Waals surface area contributed by atoms with E-state index in [2.05, 4.69) is 46.4 Å². The quantitative estimate of drug-likeness (QED) is 0.542. The molecule has 0 aliphatic carbocycles. The van der Waals surface area contributed by atoms with Crippen molar-refractivity contribution in [3.63, 3.8) is 0 Å². The molecule has 4 aliphatic rings. The zero-order chi connectivity index (χ0) is 22.6. The van der Waals surface area contributed by atoms with Crippen molar-refractivity contribution in [1.82, 2.24) is 9.80 Å². The van der Waals surface area contributed by atoms with Gasteiger partial charge in [-0.1, -0.05) is 17.3 Å². The number of hydrogen-bond donors (Lipinski definition) is 0. The van der Waals surface area contributed by atoms with Crippen LogP contribution >= 0.6 is 11.3 Å². The van der Waals surface area contributed by atoms with Crippen LogP contribution in [0.3, 0.4) is 0 Å². The topological polar surface area (TPSA) is 46.5 Å². The van der Waals surface area contributed by atoms with Crippen LogP contribution < -0.4 is 9.47 Å². The van der Waals surface area contributed by atoms with Crippen molar-refractivity contribution in [1.29, 1.82) is 0 Å². The van der Waals surface area contributed by atoms with Gasteiger partial charge in [0.1, 0.15) is 11.5 Å². The fraction of sp³-hybridized carbons (Fsp3) is 0.423. The number of aryl methyl sites for hydroxylation is 1. The Labute approximate surface area is 198 Å². The lowest BCUT2D eigenvalue weighted by Crippen LogP contribution is -2.66. The third-order valence-corrected chi connectivity index (χ3v) is 8.59. The van der Waals surface area contributed by atoms with Crippen molar-refractivity contribution >= 4 is 27.3 Å². The van der Waals surface area contributed by atoms with Gasteiger partial charge in [0.15, 0.2) is 5.84 Å². The number of piperidine rings is 3. The van der Waals surface area contributed by atoms with Gasteiger partial charge in [0.25, 0.3) is 0 Å². The molecule has 1 unspecified atom stereocenters. The molecule has 172 valence electrons. The van der Waals surface area contributed by atoms with E-state index in [1.165, 1.54) is 15.6 Å². The Balaban J connectivity index is 1.42. The lowest BCUT2D eigenvalue weighted by molar-refractivity contribution is -0.198. The highest BCUT2D eigenvalue weighted by Crippen LogP contribution is 2.46. The number of amidine groups is 1. The Morgan fingerprint density at radius 2 is 1.97 bits per heavy atom. The molecule has 3 fully saturated rings. The molecule has 7 heteroatoms. The van der Waals surface area contributed by atoms with Gasteiger partial charge >= 0.3 is 0 Å². The van der Waals surface area contributed by atoms with Gasteiger partial charge in [-0.25, -0.2) is 0 Å². The normalized spacial score (nSPS) is 26.0. The second-order valence-corrected chi connectivity index (χ2v) is 10.2. The summed E-state index contributed by atoms with van der Waals surface area (Å²) in [7, 11) is 3.39. The van der Waals surface area contributed by atoms with Crippen LogP contribution in [0.25, 0.3) is 10.1 Å². The van der Waals surface area contributed by atoms with Crippen LogP contribution in [0.4, 0.5) is 0 Å². The molecule has 1 atom stereocenters. The Bertz CT molecular complexity index is 1230.